The molecule has 1 N–H and O–H groups in total. The van der Waals surface area contributed by atoms with Gasteiger partial charge in [-0.2, -0.15) is 8.42 Å². The summed E-state index contributed by atoms with van der Waals surface area (Å²) in [5.74, 6) is 0. The number of amides is 1. The van der Waals surface area contributed by atoms with E-state index < -0.39 is 21.8 Å². The molecule has 1 saturated carbocycles. The third kappa shape index (κ3) is 3.51. The highest BCUT2D eigenvalue weighted by atomic mass is 32.2. The normalized spacial score (nSPS) is 18.7. The largest absolute Gasteiger partial charge is 0.453 e. The van der Waals surface area contributed by atoms with Crippen molar-refractivity contribution in [3.8, 4) is 0 Å². The summed E-state index contributed by atoms with van der Waals surface area (Å²) >= 11 is 0. The molecule has 6 nitrogen and oxygen atoms in total. The van der Waals surface area contributed by atoms with E-state index in [-0.39, 0.29) is 6.61 Å². The smallest absolute Gasteiger partial charge is 0.407 e. The third-order valence-electron chi connectivity index (χ3n) is 1.96. The molecule has 1 fully saturated rings. The Morgan fingerprint density at radius 1 is 1.50 bits per heavy atom. The lowest BCUT2D eigenvalue weighted by Crippen LogP contribution is -2.40. The molecule has 0 aromatic carbocycles. The highest BCUT2D eigenvalue weighted by molar-refractivity contribution is 7.85. The lowest BCUT2D eigenvalue weighted by Gasteiger charge is -2.15. The number of methoxy groups -OCH3 is 1. The van der Waals surface area contributed by atoms with E-state index in [1.165, 1.54) is 7.11 Å². The van der Waals surface area contributed by atoms with E-state index in [0.717, 1.165) is 6.26 Å². The van der Waals surface area contributed by atoms with Crippen molar-refractivity contribution in [3.05, 3.63) is 0 Å². The maximum atomic E-state index is 10.9. The monoisotopic (exact) mass is 223 g/mol. The lowest BCUT2D eigenvalue weighted by molar-refractivity contribution is 0.157. The summed E-state index contributed by atoms with van der Waals surface area (Å²) in [5, 5.41) is 2.54. The molecule has 0 aromatic rings. The van der Waals surface area contributed by atoms with E-state index in [1.54, 1.807) is 0 Å². The van der Waals surface area contributed by atoms with Crippen LogP contribution in [0, 0.1) is 0 Å². The molecule has 0 aliphatic heterocycles. The summed E-state index contributed by atoms with van der Waals surface area (Å²) in [7, 11) is -2.20. The second kappa shape index (κ2) is 3.74. The van der Waals surface area contributed by atoms with Crippen molar-refractivity contribution in [2.24, 2.45) is 0 Å². The topological polar surface area (TPSA) is 81.7 Å². The minimum absolute atomic E-state index is 0.0269. The molecule has 0 bridgehead atoms. The van der Waals surface area contributed by atoms with Gasteiger partial charge in [0.1, 0.15) is 0 Å². The molecule has 82 valence electrons. The summed E-state index contributed by atoms with van der Waals surface area (Å²) in [6.45, 7) is -0.0269. The van der Waals surface area contributed by atoms with Crippen LogP contribution in [0.15, 0.2) is 0 Å². The highest BCUT2D eigenvalue weighted by Crippen LogP contribution is 2.35. The van der Waals surface area contributed by atoms with Crippen LogP contribution in [0.4, 0.5) is 4.79 Å². The predicted molar refractivity (Wildman–Crippen MR) is 48.3 cm³/mol. The van der Waals surface area contributed by atoms with Crippen LogP contribution in [0.1, 0.15) is 12.8 Å². The molecule has 1 amide bonds. The van der Waals surface area contributed by atoms with E-state index in [9.17, 15) is 13.2 Å². The molecular weight excluding hydrogens is 210 g/mol. The van der Waals surface area contributed by atoms with Gasteiger partial charge >= 0.3 is 6.09 Å². The van der Waals surface area contributed by atoms with E-state index in [2.05, 4.69) is 14.2 Å². The van der Waals surface area contributed by atoms with Gasteiger partial charge in [0.05, 0.1) is 25.5 Å². The quantitative estimate of drug-likeness (QED) is 0.670. The molecule has 0 radical (unpaired) electrons. The number of hydrogen-bond acceptors (Lipinski definition) is 5. The molecule has 0 saturated heterocycles. The number of hydrogen-bond donors (Lipinski definition) is 1. The van der Waals surface area contributed by atoms with E-state index in [1.807, 2.05) is 0 Å². The van der Waals surface area contributed by atoms with Crippen LogP contribution < -0.4 is 5.32 Å². The predicted octanol–water partition coefficient (Wildman–Crippen LogP) is -0.149. The zero-order chi connectivity index (χ0) is 10.8. The Bertz CT molecular complexity index is 319. The van der Waals surface area contributed by atoms with Gasteiger partial charge in [0.25, 0.3) is 10.1 Å². The van der Waals surface area contributed by atoms with Crippen LogP contribution in [-0.2, 0) is 19.0 Å². The first-order chi connectivity index (χ1) is 6.37. The summed E-state index contributed by atoms with van der Waals surface area (Å²) in [6.07, 6.45) is 1.82. The molecule has 14 heavy (non-hydrogen) atoms. The Kier molecular flexibility index (Phi) is 3.01. The Labute approximate surface area is 82.7 Å². The Morgan fingerprint density at radius 2 is 2.07 bits per heavy atom. The maximum Gasteiger partial charge on any atom is 0.407 e. The molecule has 0 atom stereocenters. The first-order valence-electron chi connectivity index (χ1n) is 4.07. The molecule has 0 spiro atoms. The van der Waals surface area contributed by atoms with Crippen molar-refractivity contribution < 1.29 is 22.1 Å². The number of carbonyl (C=O) groups excluding carboxylic acids is 1. The summed E-state index contributed by atoms with van der Waals surface area (Å²) in [5.41, 5.74) is -0.545. The highest BCUT2D eigenvalue weighted by Gasteiger charge is 2.45. The molecular formula is C7H13NO5S. The van der Waals surface area contributed by atoms with Crippen molar-refractivity contribution in [2.45, 2.75) is 18.4 Å². The van der Waals surface area contributed by atoms with Gasteiger partial charge in [-0.05, 0) is 12.8 Å². The zero-order valence-corrected chi connectivity index (χ0v) is 8.89. The molecule has 0 unspecified atom stereocenters. The number of rotatable bonds is 4. The number of nitrogens with one attached hydrogen (secondary N) is 1. The fourth-order valence-corrected chi connectivity index (χ4v) is 1.38. The van der Waals surface area contributed by atoms with Crippen molar-refractivity contribution in [1.82, 2.24) is 5.32 Å². The van der Waals surface area contributed by atoms with Gasteiger partial charge in [0, 0.05) is 0 Å². The molecule has 1 aliphatic rings. The Balaban J connectivity index is 2.40. The first-order valence-corrected chi connectivity index (χ1v) is 5.89. The van der Waals surface area contributed by atoms with Gasteiger partial charge in [-0.1, -0.05) is 0 Å². The minimum atomic E-state index is -3.45. The van der Waals surface area contributed by atoms with Crippen molar-refractivity contribution >= 4 is 16.2 Å². The molecule has 1 aliphatic carbocycles. The second-order valence-corrected chi connectivity index (χ2v) is 5.01. The minimum Gasteiger partial charge on any atom is -0.453 e. The van der Waals surface area contributed by atoms with Gasteiger partial charge in [0.2, 0.25) is 0 Å². The summed E-state index contributed by atoms with van der Waals surface area (Å²) < 4.78 is 30.4. The average molecular weight is 223 g/mol. The van der Waals surface area contributed by atoms with Crippen LogP contribution in [0.2, 0.25) is 0 Å². The van der Waals surface area contributed by atoms with Crippen molar-refractivity contribution in [2.75, 3.05) is 20.0 Å². The molecule has 0 heterocycles. The summed E-state index contributed by atoms with van der Waals surface area (Å²) in [6, 6.07) is 0. The van der Waals surface area contributed by atoms with Crippen LogP contribution in [-0.4, -0.2) is 40.0 Å². The third-order valence-corrected chi connectivity index (χ3v) is 2.50. The Morgan fingerprint density at radius 3 is 2.43 bits per heavy atom. The van der Waals surface area contributed by atoms with Gasteiger partial charge in [0.15, 0.2) is 0 Å². The van der Waals surface area contributed by atoms with Gasteiger partial charge in [-0.15, -0.1) is 0 Å². The Hall–Kier alpha value is -0.820. The van der Waals surface area contributed by atoms with Gasteiger partial charge in [-0.25, -0.2) is 4.79 Å². The molecule has 0 aromatic heterocycles. The SMILES string of the molecule is COC(=O)NC1(COS(C)(=O)=O)CC1. The summed E-state index contributed by atoms with van der Waals surface area (Å²) in [4.78, 5) is 10.9. The van der Waals surface area contributed by atoms with Gasteiger partial charge < -0.3 is 10.1 Å². The van der Waals surface area contributed by atoms with E-state index in [0.29, 0.717) is 12.8 Å². The fourth-order valence-electron chi connectivity index (χ4n) is 0.944. The van der Waals surface area contributed by atoms with Crippen LogP contribution in [0.5, 0.6) is 0 Å². The van der Waals surface area contributed by atoms with Crippen LogP contribution >= 0.6 is 0 Å². The zero-order valence-electron chi connectivity index (χ0n) is 8.07. The average Bonchev–Trinajstić information content (AvgIpc) is 2.81. The number of alkyl carbamates (subject to hydrolysis) is 1. The lowest BCUT2D eigenvalue weighted by atomic mass is 10.3. The van der Waals surface area contributed by atoms with Crippen molar-refractivity contribution in [3.63, 3.8) is 0 Å². The van der Waals surface area contributed by atoms with E-state index >= 15 is 0 Å². The van der Waals surface area contributed by atoms with Crippen LogP contribution in [0.25, 0.3) is 0 Å². The number of ether oxygens (including phenoxy) is 1. The van der Waals surface area contributed by atoms with Crippen molar-refractivity contribution in [1.29, 1.82) is 0 Å². The number of carbonyl (C=O) groups is 1. The first kappa shape index (κ1) is 11.3. The second-order valence-electron chi connectivity index (χ2n) is 3.36. The van der Waals surface area contributed by atoms with Crippen LogP contribution in [0.3, 0.4) is 0 Å². The standard InChI is InChI=1S/C7H13NO5S/c1-12-6(9)8-7(3-4-7)5-13-14(2,10)11/h3-5H2,1-2H3,(H,8,9). The van der Waals surface area contributed by atoms with Gasteiger partial charge in [-0.3, -0.25) is 4.18 Å². The maximum absolute atomic E-state index is 10.9. The fraction of sp³-hybridized carbons (Fsp3) is 0.857. The molecule has 1 rings (SSSR count). The molecule has 7 heteroatoms. The van der Waals surface area contributed by atoms with E-state index in [4.69, 9.17) is 0 Å².